The van der Waals surface area contributed by atoms with Crippen LogP contribution in [0.25, 0.3) is 0 Å². The molecule has 0 fully saturated rings. The van der Waals surface area contributed by atoms with Crippen molar-refractivity contribution in [2.75, 3.05) is 11.9 Å². The number of carbonyl (C=O) groups excluding carboxylic acids is 1. The van der Waals surface area contributed by atoms with Gasteiger partial charge in [-0.3, -0.25) is 9.69 Å². The van der Waals surface area contributed by atoms with E-state index in [-0.39, 0.29) is 11.3 Å². The predicted molar refractivity (Wildman–Crippen MR) is 71.8 cm³/mol. The van der Waals surface area contributed by atoms with Crippen LogP contribution in [0.1, 0.15) is 12.0 Å². The van der Waals surface area contributed by atoms with Gasteiger partial charge in [-0.1, -0.05) is 12.1 Å². The van der Waals surface area contributed by atoms with Crippen LogP contribution in [0.4, 0.5) is 10.5 Å². The second kappa shape index (κ2) is 6.91. The van der Waals surface area contributed by atoms with Crippen LogP contribution >= 0.6 is 0 Å². The number of aliphatic carboxylic acids is 2. The summed E-state index contributed by atoms with van der Waals surface area (Å²) in [7, 11) is 1.35. The summed E-state index contributed by atoms with van der Waals surface area (Å²) in [4.78, 5) is 34.5. The summed E-state index contributed by atoms with van der Waals surface area (Å²) in [6.45, 7) is 0. The molecule has 8 heteroatoms. The predicted octanol–water partition coefficient (Wildman–Crippen LogP) is 0.632. The Morgan fingerprint density at radius 3 is 2.48 bits per heavy atom. The summed E-state index contributed by atoms with van der Waals surface area (Å²) in [6.07, 6.45) is -0.741. The third-order valence-electron chi connectivity index (χ3n) is 2.67. The normalized spacial score (nSPS) is 11.0. The molecule has 21 heavy (non-hydrogen) atoms. The topological polar surface area (TPSA) is 131 Å². The minimum atomic E-state index is -1.55. The Morgan fingerprint density at radius 2 is 1.95 bits per heavy atom. The molecule has 0 bridgehead atoms. The zero-order valence-electron chi connectivity index (χ0n) is 11.1. The standard InChI is InChI=1S/C13H13N3O5/c1-16(10-5-3-2-4-8(10)7-14)13(21)15-9(12(19)20)6-11(17)18/h2-5,9H,6H2,1H3,(H,15,21)(H,17,18)(H,19,20)/t9-/m1/s1. The van der Waals surface area contributed by atoms with Crippen LogP contribution in [-0.4, -0.2) is 41.3 Å². The van der Waals surface area contributed by atoms with Gasteiger partial charge in [0.25, 0.3) is 0 Å². The molecule has 0 unspecified atom stereocenters. The summed E-state index contributed by atoms with van der Waals surface area (Å²) in [5, 5.41) is 28.5. The van der Waals surface area contributed by atoms with Gasteiger partial charge < -0.3 is 15.5 Å². The highest BCUT2D eigenvalue weighted by Gasteiger charge is 2.25. The Kier molecular flexibility index (Phi) is 5.25. The summed E-state index contributed by atoms with van der Waals surface area (Å²) in [5.74, 6) is -2.80. The maximum Gasteiger partial charge on any atom is 0.326 e. The lowest BCUT2D eigenvalue weighted by atomic mass is 10.2. The molecule has 0 radical (unpaired) electrons. The number of benzene rings is 1. The van der Waals surface area contributed by atoms with E-state index >= 15 is 0 Å². The van der Waals surface area contributed by atoms with Crippen LogP contribution in [0.2, 0.25) is 0 Å². The van der Waals surface area contributed by atoms with Crippen molar-refractivity contribution in [3.63, 3.8) is 0 Å². The molecule has 0 saturated carbocycles. The summed E-state index contributed by atoms with van der Waals surface area (Å²) in [6, 6.07) is 5.81. The fourth-order valence-electron chi connectivity index (χ4n) is 1.59. The molecule has 0 aliphatic carbocycles. The molecule has 1 rings (SSSR count). The first kappa shape index (κ1) is 16.0. The molecule has 3 N–H and O–H groups in total. The number of para-hydroxylation sites is 1. The largest absolute Gasteiger partial charge is 0.481 e. The van der Waals surface area contributed by atoms with Gasteiger partial charge in [0.2, 0.25) is 0 Å². The van der Waals surface area contributed by atoms with Crippen molar-refractivity contribution >= 4 is 23.7 Å². The lowest BCUT2D eigenvalue weighted by molar-refractivity contribution is -0.145. The average Bonchev–Trinajstić information content (AvgIpc) is 2.45. The molecule has 0 saturated heterocycles. The van der Waals surface area contributed by atoms with Gasteiger partial charge in [-0.25, -0.2) is 9.59 Å². The highest BCUT2D eigenvalue weighted by atomic mass is 16.4. The minimum Gasteiger partial charge on any atom is -0.481 e. The van der Waals surface area contributed by atoms with E-state index < -0.39 is 30.4 Å². The Hall–Kier alpha value is -3.08. The Morgan fingerprint density at radius 1 is 1.33 bits per heavy atom. The zero-order chi connectivity index (χ0) is 16.0. The fourth-order valence-corrected chi connectivity index (χ4v) is 1.59. The molecule has 8 nitrogen and oxygen atoms in total. The molecule has 0 spiro atoms. The molecule has 1 aromatic rings. The number of hydrogen-bond acceptors (Lipinski definition) is 4. The van der Waals surface area contributed by atoms with Crippen molar-refractivity contribution in [1.82, 2.24) is 5.32 Å². The van der Waals surface area contributed by atoms with E-state index in [1.807, 2.05) is 6.07 Å². The van der Waals surface area contributed by atoms with Gasteiger partial charge in [-0.2, -0.15) is 5.26 Å². The van der Waals surface area contributed by atoms with Gasteiger partial charge in [0, 0.05) is 7.05 Å². The van der Waals surface area contributed by atoms with Crippen molar-refractivity contribution in [3.8, 4) is 6.07 Å². The van der Waals surface area contributed by atoms with Crippen LogP contribution in [-0.2, 0) is 9.59 Å². The quantitative estimate of drug-likeness (QED) is 0.729. The number of urea groups is 1. The SMILES string of the molecule is CN(C(=O)N[C@H](CC(=O)O)C(=O)O)c1ccccc1C#N. The second-order valence-corrected chi connectivity index (χ2v) is 4.13. The highest BCUT2D eigenvalue weighted by Crippen LogP contribution is 2.18. The van der Waals surface area contributed by atoms with E-state index in [1.165, 1.54) is 19.2 Å². The molecule has 0 aliphatic rings. The van der Waals surface area contributed by atoms with Crippen molar-refractivity contribution in [3.05, 3.63) is 29.8 Å². The van der Waals surface area contributed by atoms with E-state index in [0.29, 0.717) is 0 Å². The van der Waals surface area contributed by atoms with Crippen LogP contribution in [0.15, 0.2) is 24.3 Å². The van der Waals surface area contributed by atoms with Gasteiger partial charge >= 0.3 is 18.0 Å². The van der Waals surface area contributed by atoms with E-state index in [2.05, 4.69) is 5.32 Å². The summed E-state index contributed by atoms with van der Waals surface area (Å²) in [5.41, 5.74) is 0.525. The maximum absolute atomic E-state index is 12.0. The van der Waals surface area contributed by atoms with Crippen molar-refractivity contribution in [2.24, 2.45) is 0 Å². The lowest BCUT2D eigenvalue weighted by Crippen LogP contribution is -2.47. The first-order chi connectivity index (χ1) is 9.86. The van der Waals surface area contributed by atoms with Crippen LogP contribution in [0.3, 0.4) is 0 Å². The van der Waals surface area contributed by atoms with E-state index in [4.69, 9.17) is 15.5 Å². The van der Waals surface area contributed by atoms with Gasteiger partial charge in [0.1, 0.15) is 12.1 Å². The minimum absolute atomic E-state index is 0.236. The second-order valence-electron chi connectivity index (χ2n) is 4.13. The third kappa shape index (κ3) is 4.21. The van der Waals surface area contributed by atoms with E-state index in [0.717, 1.165) is 4.90 Å². The number of carboxylic acids is 2. The Labute approximate surface area is 120 Å². The molecular weight excluding hydrogens is 278 g/mol. The number of carbonyl (C=O) groups is 3. The summed E-state index contributed by atoms with van der Waals surface area (Å²) >= 11 is 0. The smallest absolute Gasteiger partial charge is 0.326 e. The third-order valence-corrected chi connectivity index (χ3v) is 2.67. The molecule has 110 valence electrons. The molecule has 1 atom stereocenters. The number of carboxylic acid groups (broad SMARTS) is 2. The van der Waals surface area contributed by atoms with Gasteiger partial charge in [-0.15, -0.1) is 0 Å². The molecule has 0 aromatic heterocycles. The first-order valence-electron chi connectivity index (χ1n) is 5.84. The molecule has 2 amide bonds. The average molecular weight is 291 g/mol. The van der Waals surface area contributed by atoms with Crippen LogP contribution in [0, 0.1) is 11.3 Å². The van der Waals surface area contributed by atoms with Crippen LogP contribution in [0.5, 0.6) is 0 Å². The first-order valence-corrected chi connectivity index (χ1v) is 5.84. The Bertz CT molecular complexity index is 608. The molecule has 0 aliphatic heterocycles. The Balaban J connectivity index is 2.89. The van der Waals surface area contributed by atoms with Gasteiger partial charge in [-0.05, 0) is 12.1 Å². The number of amides is 2. The number of anilines is 1. The van der Waals surface area contributed by atoms with Crippen molar-refractivity contribution in [1.29, 1.82) is 5.26 Å². The maximum atomic E-state index is 12.0. The van der Waals surface area contributed by atoms with E-state index in [1.54, 1.807) is 12.1 Å². The number of nitrogens with zero attached hydrogens (tertiary/aromatic N) is 2. The van der Waals surface area contributed by atoms with Gasteiger partial charge in [0.05, 0.1) is 17.7 Å². The number of rotatable bonds is 5. The number of hydrogen-bond donors (Lipinski definition) is 3. The highest BCUT2D eigenvalue weighted by molar-refractivity contribution is 5.95. The fraction of sp³-hybridized carbons (Fsp3) is 0.231. The molecule has 0 heterocycles. The zero-order valence-corrected chi connectivity index (χ0v) is 11.1. The lowest BCUT2D eigenvalue weighted by Gasteiger charge is -2.21. The monoisotopic (exact) mass is 291 g/mol. The summed E-state index contributed by atoms with van der Waals surface area (Å²) < 4.78 is 0. The van der Waals surface area contributed by atoms with Gasteiger partial charge in [0.15, 0.2) is 0 Å². The molecular formula is C13H13N3O5. The molecule has 1 aromatic carbocycles. The van der Waals surface area contributed by atoms with Crippen LogP contribution < -0.4 is 10.2 Å². The van der Waals surface area contributed by atoms with Crippen molar-refractivity contribution < 1.29 is 24.6 Å². The van der Waals surface area contributed by atoms with E-state index in [9.17, 15) is 14.4 Å². The van der Waals surface area contributed by atoms with Crippen molar-refractivity contribution in [2.45, 2.75) is 12.5 Å². The number of nitriles is 1. The number of nitrogens with one attached hydrogen (secondary N) is 1.